The van der Waals surface area contributed by atoms with Gasteiger partial charge in [0.05, 0.1) is 0 Å². The molecule has 33 heavy (non-hydrogen) atoms. The standard InChI is InChI=1S/C28H32N2O2S/c1-22-11-9-10-16-25(22)20-30(26(28(32)29-2)19-23-12-5-3-6-13-23)27(31)17-18-33-21-24-14-7-4-8-15-24/h3-16,26H,17-21H2,1-2H3,(H,29,32)/t26-/m0/s1. The Bertz CT molecular complexity index is 1020. The second-order valence-corrected chi connectivity index (χ2v) is 9.16. The first-order valence-corrected chi connectivity index (χ1v) is 12.4. The lowest BCUT2D eigenvalue weighted by molar-refractivity contribution is -0.140. The highest BCUT2D eigenvalue weighted by molar-refractivity contribution is 7.98. The summed E-state index contributed by atoms with van der Waals surface area (Å²) in [5.41, 5.74) is 4.46. The van der Waals surface area contributed by atoms with E-state index >= 15 is 0 Å². The minimum Gasteiger partial charge on any atom is -0.357 e. The maximum Gasteiger partial charge on any atom is 0.242 e. The van der Waals surface area contributed by atoms with E-state index in [9.17, 15) is 9.59 Å². The lowest BCUT2D eigenvalue weighted by Gasteiger charge is -2.31. The molecule has 5 heteroatoms. The van der Waals surface area contributed by atoms with Gasteiger partial charge >= 0.3 is 0 Å². The first kappa shape index (κ1) is 24.6. The largest absolute Gasteiger partial charge is 0.357 e. The van der Waals surface area contributed by atoms with Crippen molar-refractivity contribution in [2.75, 3.05) is 12.8 Å². The van der Waals surface area contributed by atoms with Crippen LogP contribution in [-0.4, -0.2) is 35.6 Å². The van der Waals surface area contributed by atoms with Crippen LogP contribution in [0.15, 0.2) is 84.9 Å². The molecule has 0 aromatic heterocycles. The number of likely N-dealkylation sites (N-methyl/N-ethyl adjacent to an activating group) is 1. The number of thioether (sulfide) groups is 1. The highest BCUT2D eigenvalue weighted by Gasteiger charge is 2.29. The van der Waals surface area contributed by atoms with Crippen molar-refractivity contribution in [3.05, 3.63) is 107 Å². The first-order chi connectivity index (χ1) is 16.1. The zero-order chi connectivity index (χ0) is 23.5. The smallest absolute Gasteiger partial charge is 0.242 e. The molecule has 3 aromatic rings. The monoisotopic (exact) mass is 460 g/mol. The SMILES string of the molecule is CNC(=O)[C@H](Cc1ccccc1)N(Cc1ccccc1C)C(=O)CCSCc1ccccc1. The van der Waals surface area contributed by atoms with Gasteiger partial charge in [-0.3, -0.25) is 9.59 Å². The Morgan fingerprint density at radius 3 is 2.12 bits per heavy atom. The molecule has 0 heterocycles. The van der Waals surface area contributed by atoms with Crippen LogP contribution in [-0.2, 0) is 28.3 Å². The van der Waals surface area contributed by atoms with Crippen molar-refractivity contribution in [1.82, 2.24) is 10.2 Å². The van der Waals surface area contributed by atoms with Crippen molar-refractivity contribution in [3.63, 3.8) is 0 Å². The Morgan fingerprint density at radius 2 is 1.48 bits per heavy atom. The Hall–Kier alpha value is -3.05. The molecule has 0 aliphatic carbocycles. The first-order valence-electron chi connectivity index (χ1n) is 11.3. The molecular formula is C28H32N2O2S. The fraction of sp³-hybridized carbons (Fsp3) is 0.286. The van der Waals surface area contributed by atoms with Crippen LogP contribution in [0.25, 0.3) is 0 Å². The third-order valence-corrected chi connectivity index (χ3v) is 6.72. The maximum absolute atomic E-state index is 13.5. The Balaban J connectivity index is 1.76. The van der Waals surface area contributed by atoms with Crippen LogP contribution in [0.4, 0.5) is 0 Å². The van der Waals surface area contributed by atoms with Gasteiger partial charge in [0.1, 0.15) is 6.04 Å². The minimum atomic E-state index is -0.566. The van der Waals surface area contributed by atoms with E-state index in [0.717, 1.165) is 22.4 Å². The highest BCUT2D eigenvalue weighted by Crippen LogP contribution is 2.19. The normalized spacial score (nSPS) is 11.6. The molecule has 1 N–H and O–H groups in total. The number of hydrogen-bond acceptors (Lipinski definition) is 3. The van der Waals surface area contributed by atoms with Gasteiger partial charge in [0.2, 0.25) is 11.8 Å². The van der Waals surface area contributed by atoms with Crippen molar-refractivity contribution in [3.8, 4) is 0 Å². The summed E-state index contributed by atoms with van der Waals surface area (Å²) in [6.45, 7) is 2.46. The number of benzene rings is 3. The van der Waals surface area contributed by atoms with Crippen molar-refractivity contribution < 1.29 is 9.59 Å². The molecule has 0 fully saturated rings. The molecule has 0 spiro atoms. The van der Waals surface area contributed by atoms with Crippen LogP contribution in [0.1, 0.15) is 28.7 Å². The molecule has 0 radical (unpaired) electrons. The summed E-state index contributed by atoms with van der Waals surface area (Å²) in [5.74, 6) is 1.44. The lowest BCUT2D eigenvalue weighted by atomic mass is 10.0. The number of nitrogens with zero attached hydrogens (tertiary/aromatic N) is 1. The summed E-state index contributed by atoms with van der Waals surface area (Å²) < 4.78 is 0. The average molecular weight is 461 g/mol. The molecule has 0 aliphatic rings. The fourth-order valence-corrected chi connectivity index (χ4v) is 4.65. The Labute approximate surface area is 201 Å². The van der Waals surface area contributed by atoms with E-state index in [1.54, 1.807) is 23.7 Å². The van der Waals surface area contributed by atoms with Gasteiger partial charge in [-0.2, -0.15) is 11.8 Å². The third-order valence-electron chi connectivity index (χ3n) is 5.69. The molecular weight excluding hydrogens is 428 g/mol. The van der Waals surface area contributed by atoms with Gasteiger partial charge in [0.25, 0.3) is 0 Å². The highest BCUT2D eigenvalue weighted by atomic mass is 32.2. The van der Waals surface area contributed by atoms with E-state index in [-0.39, 0.29) is 11.8 Å². The molecule has 3 rings (SSSR count). The molecule has 1 atom stereocenters. The molecule has 0 bridgehead atoms. The van der Waals surface area contributed by atoms with Gasteiger partial charge < -0.3 is 10.2 Å². The van der Waals surface area contributed by atoms with Crippen LogP contribution in [0.2, 0.25) is 0 Å². The summed E-state index contributed by atoms with van der Waals surface area (Å²) in [6.07, 6.45) is 0.876. The van der Waals surface area contributed by atoms with Crippen LogP contribution in [0, 0.1) is 6.92 Å². The zero-order valence-electron chi connectivity index (χ0n) is 19.4. The summed E-state index contributed by atoms with van der Waals surface area (Å²) in [7, 11) is 1.63. The molecule has 0 saturated carbocycles. The molecule has 4 nitrogen and oxygen atoms in total. The van der Waals surface area contributed by atoms with E-state index in [2.05, 4.69) is 17.4 Å². The Kier molecular flexibility index (Phi) is 9.58. The third kappa shape index (κ3) is 7.50. The number of rotatable bonds is 11. The quantitative estimate of drug-likeness (QED) is 0.410. The number of carbonyl (C=O) groups excluding carboxylic acids is 2. The van der Waals surface area contributed by atoms with Crippen LogP contribution < -0.4 is 5.32 Å². The van der Waals surface area contributed by atoms with Gasteiger partial charge in [-0.1, -0.05) is 84.9 Å². The molecule has 172 valence electrons. The fourth-order valence-electron chi connectivity index (χ4n) is 3.76. The number of amides is 2. The van der Waals surface area contributed by atoms with E-state index in [1.165, 1.54) is 5.56 Å². The predicted molar refractivity (Wildman–Crippen MR) is 137 cm³/mol. The van der Waals surface area contributed by atoms with Gasteiger partial charge in [-0.05, 0) is 29.2 Å². The van der Waals surface area contributed by atoms with Crippen molar-refractivity contribution >= 4 is 23.6 Å². The maximum atomic E-state index is 13.5. The van der Waals surface area contributed by atoms with Gasteiger partial charge in [0.15, 0.2) is 0 Å². The molecule has 0 unspecified atom stereocenters. The van der Waals surface area contributed by atoms with Gasteiger partial charge in [-0.15, -0.1) is 0 Å². The molecule has 2 amide bonds. The minimum absolute atomic E-state index is 0.00310. The summed E-state index contributed by atoms with van der Waals surface area (Å²) in [6, 6.07) is 27.6. The number of aryl methyl sites for hydroxylation is 1. The van der Waals surface area contributed by atoms with Crippen LogP contribution in [0.5, 0.6) is 0 Å². The zero-order valence-corrected chi connectivity index (χ0v) is 20.2. The number of carbonyl (C=O) groups is 2. The predicted octanol–water partition coefficient (Wildman–Crippen LogP) is 5.00. The van der Waals surface area contributed by atoms with E-state index in [0.29, 0.717) is 25.1 Å². The van der Waals surface area contributed by atoms with Crippen molar-refractivity contribution in [2.45, 2.75) is 38.1 Å². The summed E-state index contributed by atoms with van der Waals surface area (Å²) in [4.78, 5) is 28.2. The summed E-state index contributed by atoms with van der Waals surface area (Å²) >= 11 is 1.74. The summed E-state index contributed by atoms with van der Waals surface area (Å²) in [5, 5.41) is 2.77. The topological polar surface area (TPSA) is 49.4 Å². The van der Waals surface area contributed by atoms with E-state index in [4.69, 9.17) is 0 Å². The molecule has 3 aromatic carbocycles. The van der Waals surface area contributed by atoms with Crippen molar-refractivity contribution in [2.24, 2.45) is 0 Å². The number of nitrogens with one attached hydrogen (secondary N) is 1. The molecule has 0 aliphatic heterocycles. The van der Waals surface area contributed by atoms with Crippen LogP contribution in [0.3, 0.4) is 0 Å². The van der Waals surface area contributed by atoms with Crippen molar-refractivity contribution in [1.29, 1.82) is 0 Å². The molecule has 0 saturated heterocycles. The van der Waals surface area contributed by atoms with Crippen LogP contribution >= 0.6 is 11.8 Å². The Morgan fingerprint density at radius 1 is 0.879 bits per heavy atom. The number of hydrogen-bond donors (Lipinski definition) is 1. The second kappa shape index (κ2) is 12.9. The average Bonchev–Trinajstić information content (AvgIpc) is 2.85. The van der Waals surface area contributed by atoms with E-state index < -0.39 is 6.04 Å². The van der Waals surface area contributed by atoms with Gasteiger partial charge in [-0.25, -0.2) is 0 Å². The van der Waals surface area contributed by atoms with E-state index in [1.807, 2.05) is 79.7 Å². The second-order valence-electron chi connectivity index (χ2n) is 8.06. The lowest BCUT2D eigenvalue weighted by Crippen LogP contribution is -2.49. The van der Waals surface area contributed by atoms with Gasteiger partial charge in [0, 0.05) is 37.9 Å².